The summed E-state index contributed by atoms with van der Waals surface area (Å²) in [5, 5.41) is 9.10. The minimum absolute atomic E-state index is 0.0102. The second kappa shape index (κ2) is 4.97. The number of aliphatic hydroxyl groups is 1. The fourth-order valence-corrected chi connectivity index (χ4v) is 2.41. The first-order valence-corrected chi connectivity index (χ1v) is 6.93. The van der Waals surface area contributed by atoms with Gasteiger partial charge in [0.25, 0.3) is 0 Å². The molecular weight excluding hydrogens is 236 g/mol. The van der Waals surface area contributed by atoms with E-state index in [4.69, 9.17) is 10.1 Å². The van der Waals surface area contributed by atoms with E-state index in [1.807, 2.05) is 0 Å². The summed E-state index contributed by atoms with van der Waals surface area (Å²) >= 11 is 0. The molecule has 0 fully saturated rings. The first-order chi connectivity index (χ1) is 8.84. The van der Waals surface area contributed by atoms with Crippen molar-refractivity contribution in [3.8, 4) is 0 Å². The summed E-state index contributed by atoms with van der Waals surface area (Å²) in [5.74, 6) is 1.10. The fourth-order valence-electron chi connectivity index (χ4n) is 2.41. The van der Waals surface area contributed by atoms with Crippen molar-refractivity contribution < 1.29 is 5.11 Å². The lowest BCUT2D eigenvalue weighted by atomic mass is 9.95. The van der Waals surface area contributed by atoms with Crippen LogP contribution in [0.1, 0.15) is 44.1 Å². The number of aryl methyl sites for hydroxylation is 3. The van der Waals surface area contributed by atoms with E-state index in [2.05, 4.69) is 51.3 Å². The van der Waals surface area contributed by atoms with E-state index >= 15 is 0 Å². The number of hydrogen-bond donors (Lipinski definition) is 1. The zero-order valence-electron chi connectivity index (χ0n) is 12.6. The normalized spacial score (nSPS) is 12.3. The van der Waals surface area contributed by atoms with Crippen LogP contribution in [0.25, 0.3) is 11.0 Å². The Hall–Kier alpha value is -1.35. The van der Waals surface area contributed by atoms with Crippen LogP contribution in [0.2, 0.25) is 0 Å². The van der Waals surface area contributed by atoms with Gasteiger partial charge in [0, 0.05) is 18.6 Å². The summed E-state index contributed by atoms with van der Waals surface area (Å²) in [6, 6.07) is 4.37. The lowest BCUT2D eigenvalue weighted by Crippen LogP contribution is -2.19. The molecule has 0 saturated heterocycles. The lowest BCUT2D eigenvalue weighted by Gasteiger charge is -2.20. The highest BCUT2D eigenvalue weighted by Crippen LogP contribution is 2.28. The van der Waals surface area contributed by atoms with Crippen LogP contribution in [0.5, 0.6) is 0 Å². The van der Waals surface area contributed by atoms with E-state index in [0.29, 0.717) is 0 Å². The summed E-state index contributed by atoms with van der Waals surface area (Å²) < 4.78 is 2.26. The van der Waals surface area contributed by atoms with Crippen LogP contribution >= 0.6 is 0 Å². The molecule has 0 bridgehead atoms. The van der Waals surface area contributed by atoms with Gasteiger partial charge in [0.15, 0.2) is 0 Å². The Kier molecular flexibility index (Phi) is 3.68. The van der Waals surface area contributed by atoms with Crippen LogP contribution < -0.4 is 0 Å². The second-order valence-electron chi connectivity index (χ2n) is 6.34. The highest BCUT2D eigenvalue weighted by molar-refractivity contribution is 5.78. The molecule has 0 aliphatic rings. The zero-order valence-corrected chi connectivity index (χ0v) is 12.6. The standard InChI is InChI=1S/C16H24N2O/c1-11-9-13-14(10-12(11)2)18(7-6-8-19)15(17-13)16(3,4)5/h9-10,19H,6-8H2,1-5H3. The van der Waals surface area contributed by atoms with Crippen molar-refractivity contribution in [2.45, 2.75) is 53.0 Å². The van der Waals surface area contributed by atoms with Gasteiger partial charge in [-0.15, -0.1) is 0 Å². The van der Waals surface area contributed by atoms with Gasteiger partial charge >= 0.3 is 0 Å². The van der Waals surface area contributed by atoms with Crippen LogP contribution in [-0.2, 0) is 12.0 Å². The minimum Gasteiger partial charge on any atom is -0.396 e. The number of hydrogen-bond acceptors (Lipinski definition) is 2. The van der Waals surface area contributed by atoms with Crippen LogP contribution in [-0.4, -0.2) is 21.3 Å². The molecule has 2 rings (SSSR count). The second-order valence-corrected chi connectivity index (χ2v) is 6.34. The maximum absolute atomic E-state index is 9.10. The van der Waals surface area contributed by atoms with Crippen molar-refractivity contribution in [2.24, 2.45) is 0 Å². The summed E-state index contributed by atoms with van der Waals surface area (Å²) in [6.45, 7) is 11.8. The topological polar surface area (TPSA) is 38.0 Å². The maximum Gasteiger partial charge on any atom is 0.115 e. The smallest absolute Gasteiger partial charge is 0.115 e. The van der Waals surface area contributed by atoms with Crippen molar-refractivity contribution >= 4 is 11.0 Å². The van der Waals surface area contributed by atoms with Crippen molar-refractivity contribution in [2.75, 3.05) is 6.61 Å². The van der Waals surface area contributed by atoms with Gasteiger partial charge in [0.1, 0.15) is 5.82 Å². The Bertz CT molecular complexity index is 591. The first kappa shape index (κ1) is 14.1. The third-order valence-corrected chi connectivity index (χ3v) is 3.57. The number of nitrogens with zero attached hydrogens (tertiary/aromatic N) is 2. The molecule has 3 nitrogen and oxygen atoms in total. The molecule has 0 radical (unpaired) electrons. The predicted molar refractivity (Wildman–Crippen MR) is 79.6 cm³/mol. The molecule has 1 heterocycles. The van der Waals surface area contributed by atoms with Crippen LogP contribution in [0.15, 0.2) is 12.1 Å². The molecule has 0 amide bonds. The number of benzene rings is 1. The quantitative estimate of drug-likeness (QED) is 0.919. The Morgan fingerprint density at radius 3 is 2.37 bits per heavy atom. The van der Waals surface area contributed by atoms with E-state index < -0.39 is 0 Å². The molecule has 0 aliphatic carbocycles. The first-order valence-electron chi connectivity index (χ1n) is 6.93. The number of aliphatic hydroxyl groups excluding tert-OH is 1. The van der Waals surface area contributed by atoms with Crippen molar-refractivity contribution in [1.29, 1.82) is 0 Å². The van der Waals surface area contributed by atoms with Gasteiger partial charge in [-0.1, -0.05) is 20.8 Å². The molecule has 104 valence electrons. The van der Waals surface area contributed by atoms with E-state index in [1.165, 1.54) is 16.6 Å². The maximum atomic E-state index is 9.10. The molecule has 2 aromatic rings. The Morgan fingerprint density at radius 1 is 1.16 bits per heavy atom. The lowest BCUT2D eigenvalue weighted by molar-refractivity contribution is 0.278. The van der Waals surface area contributed by atoms with E-state index in [-0.39, 0.29) is 12.0 Å². The monoisotopic (exact) mass is 260 g/mol. The van der Waals surface area contributed by atoms with Crippen LogP contribution in [0.3, 0.4) is 0 Å². The third kappa shape index (κ3) is 2.66. The average Bonchev–Trinajstić information content (AvgIpc) is 2.65. The van der Waals surface area contributed by atoms with E-state index in [0.717, 1.165) is 24.3 Å². The molecule has 0 atom stereocenters. The van der Waals surface area contributed by atoms with Gasteiger partial charge in [0.05, 0.1) is 11.0 Å². The van der Waals surface area contributed by atoms with E-state index in [1.54, 1.807) is 0 Å². The van der Waals surface area contributed by atoms with Gasteiger partial charge in [-0.3, -0.25) is 0 Å². The number of rotatable bonds is 3. The predicted octanol–water partition coefficient (Wildman–Crippen LogP) is 3.33. The summed E-state index contributed by atoms with van der Waals surface area (Å²) in [4.78, 5) is 4.82. The highest BCUT2D eigenvalue weighted by Gasteiger charge is 2.22. The number of fused-ring (bicyclic) bond motifs is 1. The summed E-state index contributed by atoms with van der Waals surface area (Å²) in [7, 11) is 0. The molecule has 0 unspecified atom stereocenters. The van der Waals surface area contributed by atoms with Gasteiger partial charge in [-0.25, -0.2) is 4.98 Å². The highest BCUT2D eigenvalue weighted by atomic mass is 16.3. The van der Waals surface area contributed by atoms with Crippen molar-refractivity contribution in [1.82, 2.24) is 9.55 Å². The molecule has 19 heavy (non-hydrogen) atoms. The molecule has 1 N–H and O–H groups in total. The Labute approximate surface area is 115 Å². The number of aromatic nitrogens is 2. The summed E-state index contributed by atoms with van der Waals surface area (Å²) in [6.07, 6.45) is 0.765. The van der Waals surface area contributed by atoms with Crippen LogP contribution in [0, 0.1) is 13.8 Å². The van der Waals surface area contributed by atoms with Gasteiger partial charge in [-0.05, 0) is 43.5 Å². The molecule has 1 aromatic heterocycles. The minimum atomic E-state index is 0.0102. The largest absolute Gasteiger partial charge is 0.396 e. The van der Waals surface area contributed by atoms with Gasteiger partial charge in [0.2, 0.25) is 0 Å². The molecule has 3 heteroatoms. The fraction of sp³-hybridized carbons (Fsp3) is 0.562. The van der Waals surface area contributed by atoms with E-state index in [9.17, 15) is 0 Å². The Balaban J connectivity index is 2.67. The van der Waals surface area contributed by atoms with Crippen LogP contribution in [0.4, 0.5) is 0 Å². The Morgan fingerprint density at radius 2 is 1.79 bits per heavy atom. The molecule has 0 spiro atoms. The SMILES string of the molecule is Cc1cc2nc(C(C)(C)C)n(CCCO)c2cc1C. The van der Waals surface area contributed by atoms with Crippen molar-refractivity contribution in [3.05, 3.63) is 29.1 Å². The zero-order chi connectivity index (χ0) is 14.2. The van der Waals surface area contributed by atoms with Crippen molar-refractivity contribution in [3.63, 3.8) is 0 Å². The van der Waals surface area contributed by atoms with Gasteiger partial charge in [-0.2, -0.15) is 0 Å². The molecule has 0 saturated carbocycles. The molecular formula is C16H24N2O. The van der Waals surface area contributed by atoms with Gasteiger partial charge < -0.3 is 9.67 Å². The molecule has 0 aliphatic heterocycles. The molecule has 1 aromatic carbocycles. The number of imidazole rings is 1. The average molecular weight is 260 g/mol. The summed E-state index contributed by atoms with van der Waals surface area (Å²) in [5.41, 5.74) is 4.82. The third-order valence-electron chi connectivity index (χ3n) is 3.57.